The van der Waals surface area contributed by atoms with Gasteiger partial charge in [0.2, 0.25) is 0 Å². The van der Waals surface area contributed by atoms with Gasteiger partial charge in [-0.2, -0.15) is 5.26 Å². The van der Waals surface area contributed by atoms with Crippen LogP contribution in [0.4, 0.5) is 11.4 Å². The van der Waals surface area contributed by atoms with Crippen molar-refractivity contribution in [2.45, 2.75) is 26.5 Å². The molecule has 0 N–H and O–H groups in total. The van der Waals surface area contributed by atoms with E-state index in [1.54, 1.807) is 12.4 Å². The van der Waals surface area contributed by atoms with Gasteiger partial charge in [-0.25, -0.2) is 0 Å². The normalized spacial score (nSPS) is 14.4. The zero-order chi connectivity index (χ0) is 22.9. The van der Waals surface area contributed by atoms with E-state index in [0.717, 1.165) is 39.3 Å². The van der Waals surface area contributed by atoms with Gasteiger partial charge in [-0.1, -0.05) is 17.7 Å². The highest BCUT2D eigenvalue weighted by molar-refractivity contribution is 6.32. The summed E-state index contributed by atoms with van der Waals surface area (Å²) in [6.45, 7) is 4.96. The fourth-order valence-electron chi connectivity index (χ4n) is 4.30. The smallest absolute Gasteiger partial charge is 0.138 e. The number of nitriles is 1. The Kier molecular flexibility index (Phi) is 5.49. The Hall–Kier alpha value is -3.82. The molecule has 2 aromatic carbocycles. The molecule has 0 amide bonds. The molecule has 2 aromatic heterocycles. The number of anilines is 2. The third-order valence-corrected chi connectivity index (χ3v) is 6.05. The molecule has 1 aliphatic rings. The highest BCUT2D eigenvalue weighted by Crippen LogP contribution is 2.51. The topological polar surface area (TPSA) is 71.3 Å². The van der Waals surface area contributed by atoms with Crippen LogP contribution in [0, 0.1) is 11.3 Å². The zero-order valence-corrected chi connectivity index (χ0v) is 19.0. The Bertz CT molecular complexity index is 1380. The average molecular weight is 457 g/mol. The molecule has 4 aromatic rings. The van der Waals surface area contributed by atoms with Crippen LogP contribution in [-0.2, 0) is 6.61 Å². The Morgan fingerprint density at radius 2 is 2.00 bits per heavy atom. The second-order valence-electron chi connectivity index (χ2n) is 7.74. The summed E-state index contributed by atoms with van der Waals surface area (Å²) in [5, 5.41) is 11.3. The minimum atomic E-state index is -0.0319. The lowest BCUT2D eigenvalue weighted by Gasteiger charge is -2.27. The molecule has 5 rings (SSSR count). The number of aromatic nitrogens is 2. The van der Waals surface area contributed by atoms with Gasteiger partial charge in [0, 0.05) is 29.5 Å². The minimum Gasteiger partial charge on any atom is -0.494 e. The summed E-state index contributed by atoms with van der Waals surface area (Å²) >= 11 is 6.61. The van der Waals surface area contributed by atoms with Gasteiger partial charge in [0.1, 0.15) is 24.2 Å². The van der Waals surface area contributed by atoms with Crippen molar-refractivity contribution < 1.29 is 9.47 Å². The van der Waals surface area contributed by atoms with Gasteiger partial charge in [-0.15, -0.1) is 0 Å². The monoisotopic (exact) mass is 456 g/mol. The maximum Gasteiger partial charge on any atom is 0.138 e. The number of rotatable bonds is 6. The van der Waals surface area contributed by atoms with Crippen LogP contribution in [0.15, 0.2) is 60.9 Å². The van der Waals surface area contributed by atoms with E-state index < -0.39 is 0 Å². The SMILES string of the molecule is CCOc1cc2c3c(c(C#N)cnc3c1)N(c1ccc(OCc3ccccn3)c(Cl)c1)C2C. The van der Waals surface area contributed by atoms with Crippen LogP contribution < -0.4 is 14.4 Å². The highest BCUT2D eigenvalue weighted by Gasteiger charge is 2.33. The van der Waals surface area contributed by atoms with Crippen LogP contribution >= 0.6 is 11.6 Å². The fourth-order valence-corrected chi connectivity index (χ4v) is 4.53. The first-order valence-corrected chi connectivity index (χ1v) is 11.1. The summed E-state index contributed by atoms with van der Waals surface area (Å²) in [5.74, 6) is 1.35. The molecule has 0 spiro atoms. The van der Waals surface area contributed by atoms with E-state index in [0.29, 0.717) is 29.5 Å². The van der Waals surface area contributed by atoms with Gasteiger partial charge < -0.3 is 14.4 Å². The van der Waals surface area contributed by atoms with E-state index in [9.17, 15) is 5.26 Å². The Labute approximate surface area is 197 Å². The van der Waals surface area contributed by atoms with Crippen molar-refractivity contribution in [1.82, 2.24) is 9.97 Å². The summed E-state index contributed by atoms with van der Waals surface area (Å²) in [5.41, 5.74) is 4.93. The van der Waals surface area contributed by atoms with Gasteiger partial charge in [0.15, 0.2) is 0 Å². The van der Waals surface area contributed by atoms with E-state index in [-0.39, 0.29) is 6.04 Å². The molecular weight excluding hydrogens is 436 g/mol. The van der Waals surface area contributed by atoms with Crippen molar-refractivity contribution in [1.29, 1.82) is 5.26 Å². The molecule has 33 heavy (non-hydrogen) atoms. The Morgan fingerprint density at radius 3 is 2.73 bits per heavy atom. The standard InChI is InChI=1S/C26H21ClN4O2/c1-3-32-20-11-21-16(2)31(26-17(13-28)14-30-23(12-20)25(21)26)19-7-8-24(22(27)10-19)33-15-18-6-4-5-9-29-18/h4-12,14,16H,3,15H2,1-2H3. The first-order chi connectivity index (χ1) is 16.1. The van der Waals surface area contributed by atoms with Crippen molar-refractivity contribution in [3.63, 3.8) is 0 Å². The molecule has 6 nitrogen and oxygen atoms in total. The summed E-state index contributed by atoms with van der Waals surface area (Å²) in [6.07, 6.45) is 3.35. The first-order valence-electron chi connectivity index (χ1n) is 10.7. The van der Waals surface area contributed by atoms with Gasteiger partial charge in [0.05, 0.1) is 40.1 Å². The lowest BCUT2D eigenvalue weighted by atomic mass is 10.0. The first kappa shape index (κ1) is 21.0. The lowest BCUT2D eigenvalue weighted by Crippen LogP contribution is -2.17. The predicted octanol–water partition coefficient (Wildman–Crippen LogP) is 6.35. The molecule has 1 aliphatic heterocycles. The predicted molar refractivity (Wildman–Crippen MR) is 128 cm³/mol. The second-order valence-corrected chi connectivity index (χ2v) is 8.15. The summed E-state index contributed by atoms with van der Waals surface area (Å²) in [7, 11) is 0. The van der Waals surface area contributed by atoms with Crippen molar-refractivity contribution in [3.05, 3.63) is 82.8 Å². The number of benzene rings is 2. The Balaban J connectivity index is 1.53. The molecule has 0 fully saturated rings. The summed E-state index contributed by atoms with van der Waals surface area (Å²) < 4.78 is 11.6. The second kappa shape index (κ2) is 8.61. The van der Waals surface area contributed by atoms with Crippen LogP contribution in [0.1, 0.15) is 36.7 Å². The molecule has 0 saturated carbocycles. The van der Waals surface area contributed by atoms with Crippen molar-refractivity contribution in [2.24, 2.45) is 0 Å². The minimum absolute atomic E-state index is 0.0319. The van der Waals surface area contributed by atoms with Gasteiger partial charge >= 0.3 is 0 Å². The average Bonchev–Trinajstić information content (AvgIpc) is 3.13. The maximum absolute atomic E-state index is 9.81. The van der Waals surface area contributed by atoms with Crippen LogP contribution in [0.3, 0.4) is 0 Å². The van der Waals surface area contributed by atoms with Crippen LogP contribution in [0.5, 0.6) is 11.5 Å². The highest BCUT2D eigenvalue weighted by atomic mass is 35.5. The van der Waals surface area contributed by atoms with Crippen molar-refractivity contribution in [2.75, 3.05) is 11.5 Å². The van der Waals surface area contributed by atoms with E-state index in [1.807, 2.05) is 55.5 Å². The zero-order valence-electron chi connectivity index (χ0n) is 18.2. The number of nitrogens with zero attached hydrogens (tertiary/aromatic N) is 4. The fraction of sp³-hybridized carbons (Fsp3) is 0.192. The molecule has 164 valence electrons. The molecular formula is C26H21ClN4O2. The van der Waals surface area contributed by atoms with Crippen molar-refractivity contribution in [3.8, 4) is 17.6 Å². The number of hydrogen-bond donors (Lipinski definition) is 0. The quantitative estimate of drug-likeness (QED) is 0.337. The molecule has 1 unspecified atom stereocenters. The molecule has 1 atom stereocenters. The molecule has 0 radical (unpaired) electrons. The van der Waals surface area contributed by atoms with Crippen LogP contribution in [-0.4, -0.2) is 16.6 Å². The van der Waals surface area contributed by atoms with Crippen LogP contribution in [0.2, 0.25) is 5.02 Å². The van der Waals surface area contributed by atoms with Gasteiger partial charge in [0.25, 0.3) is 0 Å². The number of hydrogen-bond acceptors (Lipinski definition) is 6. The molecule has 7 heteroatoms. The number of ether oxygens (including phenoxy) is 2. The van der Waals surface area contributed by atoms with Gasteiger partial charge in [-0.3, -0.25) is 9.97 Å². The largest absolute Gasteiger partial charge is 0.494 e. The molecule has 0 aliphatic carbocycles. The third-order valence-electron chi connectivity index (χ3n) is 5.75. The Morgan fingerprint density at radius 1 is 1.12 bits per heavy atom. The van der Waals surface area contributed by atoms with Gasteiger partial charge in [-0.05, 0) is 55.8 Å². The van der Waals surface area contributed by atoms with Crippen LogP contribution in [0.25, 0.3) is 10.9 Å². The van der Waals surface area contributed by atoms with Crippen molar-refractivity contribution >= 4 is 33.9 Å². The maximum atomic E-state index is 9.81. The molecule has 0 bridgehead atoms. The number of halogens is 1. The summed E-state index contributed by atoms with van der Waals surface area (Å²) in [6, 6.07) is 17.6. The molecule has 0 saturated heterocycles. The van der Waals surface area contributed by atoms with E-state index in [4.69, 9.17) is 21.1 Å². The molecule has 3 heterocycles. The lowest BCUT2D eigenvalue weighted by molar-refractivity contribution is 0.301. The third kappa shape index (κ3) is 3.71. The number of pyridine rings is 2. The van der Waals surface area contributed by atoms with E-state index in [2.05, 4.69) is 27.9 Å². The van der Waals surface area contributed by atoms with E-state index >= 15 is 0 Å². The summed E-state index contributed by atoms with van der Waals surface area (Å²) in [4.78, 5) is 10.9. The van der Waals surface area contributed by atoms with E-state index in [1.165, 1.54) is 0 Å².